The molecule has 0 aliphatic carbocycles. The highest BCUT2D eigenvalue weighted by Gasteiger charge is 2.40. The minimum Gasteiger partial charge on any atom is -0.454 e. The van der Waals surface area contributed by atoms with Crippen molar-refractivity contribution in [3.63, 3.8) is 0 Å². The summed E-state index contributed by atoms with van der Waals surface area (Å²) in [4.78, 5) is 14.3. The third-order valence-electron chi connectivity index (χ3n) is 4.10. The van der Waals surface area contributed by atoms with Crippen LogP contribution in [0.4, 0.5) is 10.5 Å². The van der Waals surface area contributed by atoms with Gasteiger partial charge in [0.15, 0.2) is 11.5 Å². The molecule has 2 fully saturated rings. The van der Waals surface area contributed by atoms with Gasteiger partial charge in [0.05, 0.1) is 25.3 Å². The summed E-state index contributed by atoms with van der Waals surface area (Å²) in [6, 6.07) is 5.80. The number of amides is 2. The van der Waals surface area contributed by atoms with Gasteiger partial charge in [-0.1, -0.05) is 0 Å². The minimum absolute atomic E-state index is 0.0559. The molecule has 20 heavy (non-hydrogen) atoms. The average Bonchev–Trinajstić information content (AvgIpc) is 3.01. The fourth-order valence-electron chi connectivity index (χ4n) is 3.12. The Labute approximate surface area is 116 Å². The number of morpholine rings is 1. The SMILES string of the molecule is O=C(Nc1ccc2c(c1)OCO2)N1[C@@H]2CC[C@H]1COC2. The van der Waals surface area contributed by atoms with Gasteiger partial charge < -0.3 is 24.4 Å². The second-order valence-electron chi connectivity index (χ2n) is 5.33. The van der Waals surface area contributed by atoms with Gasteiger partial charge >= 0.3 is 6.03 Å². The first-order valence-electron chi connectivity index (χ1n) is 6.88. The maximum absolute atomic E-state index is 12.4. The first-order valence-corrected chi connectivity index (χ1v) is 6.88. The lowest BCUT2D eigenvalue weighted by molar-refractivity contribution is 0.00949. The van der Waals surface area contributed by atoms with Crippen molar-refractivity contribution < 1.29 is 19.0 Å². The fourth-order valence-corrected chi connectivity index (χ4v) is 3.12. The summed E-state index contributed by atoms with van der Waals surface area (Å²) < 4.78 is 16.1. The minimum atomic E-state index is -0.0559. The molecule has 6 heteroatoms. The standard InChI is InChI=1S/C14H16N2O4/c17-14(16-10-2-3-11(16)7-18-6-10)15-9-1-4-12-13(5-9)20-8-19-12/h1,4-5,10-11H,2-3,6-8H2,(H,15,17)/t10-,11+. The topological polar surface area (TPSA) is 60.0 Å². The molecule has 2 atom stereocenters. The van der Waals surface area contributed by atoms with Gasteiger partial charge in [0.25, 0.3) is 0 Å². The second-order valence-corrected chi connectivity index (χ2v) is 5.33. The van der Waals surface area contributed by atoms with Crippen LogP contribution in [0.25, 0.3) is 0 Å². The van der Waals surface area contributed by atoms with E-state index in [1.807, 2.05) is 17.0 Å². The molecule has 1 aromatic rings. The van der Waals surface area contributed by atoms with E-state index in [0.29, 0.717) is 19.0 Å². The van der Waals surface area contributed by atoms with Gasteiger partial charge in [0, 0.05) is 11.8 Å². The number of nitrogens with one attached hydrogen (secondary N) is 1. The zero-order valence-corrected chi connectivity index (χ0v) is 11.0. The summed E-state index contributed by atoms with van der Waals surface area (Å²) in [6.07, 6.45) is 2.05. The van der Waals surface area contributed by atoms with E-state index in [4.69, 9.17) is 14.2 Å². The van der Waals surface area contributed by atoms with Gasteiger partial charge in [-0.05, 0) is 25.0 Å². The lowest BCUT2D eigenvalue weighted by Crippen LogP contribution is -2.50. The number of anilines is 1. The number of fused-ring (bicyclic) bond motifs is 3. The predicted octanol–water partition coefficient (Wildman–Crippen LogP) is 1.81. The predicted molar refractivity (Wildman–Crippen MR) is 71.1 cm³/mol. The highest BCUT2D eigenvalue weighted by atomic mass is 16.7. The number of carbonyl (C=O) groups excluding carboxylic acids is 1. The first kappa shape index (κ1) is 11.8. The highest BCUT2D eigenvalue weighted by Crippen LogP contribution is 2.35. The normalized spacial score (nSPS) is 26.7. The van der Waals surface area contributed by atoms with E-state index >= 15 is 0 Å². The third-order valence-corrected chi connectivity index (χ3v) is 4.10. The molecule has 2 bridgehead atoms. The Balaban J connectivity index is 1.50. The molecule has 0 unspecified atom stereocenters. The summed E-state index contributed by atoms with van der Waals surface area (Å²) >= 11 is 0. The molecule has 2 amide bonds. The number of rotatable bonds is 1. The van der Waals surface area contributed by atoms with Crippen molar-refractivity contribution in [2.75, 3.05) is 25.3 Å². The van der Waals surface area contributed by atoms with Crippen LogP contribution in [0.3, 0.4) is 0 Å². The number of ether oxygens (including phenoxy) is 3. The second kappa shape index (κ2) is 4.56. The molecule has 3 aliphatic rings. The Morgan fingerprint density at radius 1 is 1.15 bits per heavy atom. The summed E-state index contributed by atoms with van der Waals surface area (Å²) in [5.41, 5.74) is 0.727. The van der Waals surface area contributed by atoms with Crippen LogP contribution in [0, 0.1) is 0 Å². The van der Waals surface area contributed by atoms with Gasteiger partial charge in [-0.25, -0.2) is 4.79 Å². The molecule has 0 spiro atoms. The van der Waals surface area contributed by atoms with E-state index in [-0.39, 0.29) is 24.9 Å². The molecule has 0 saturated carbocycles. The van der Waals surface area contributed by atoms with E-state index < -0.39 is 0 Å². The fraction of sp³-hybridized carbons (Fsp3) is 0.500. The van der Waals surface area contributed by atoms with Crippen LogP contribution in [0.2, 0.25) is 0 Å². The number of hydrogen-bond donors (Lipinski definition) is 1. The van der Waals surface area contributed by atoms with Crippen LogP contribution >= 0.6 is 0 Å². The van der Waals surface area contributed by atoms with Crippen LogP contribution in [-0.2, 0) is 4.74 Å². The Bertz CT molecular complexity index is 532. The van der Waals surface area contributed by atoms with Gasteiger partial charge in [0.1, 0.15) is 0 Å². The van der Waals surface area contributed by atoms with E-state index in [2.05, 4.69) is 5.32 Å². The van der Waals surface area contributed by atoms with Crippen molar-refractivity contribution in [1.82, 2.24) is 4.90 Å². The average molecular weight is 276 g/mol. The number of benzene rings is 1. The lowest BCUT2D eigenvalue weighted by Gasteiger charge is -2.34. The molecular weight excluding hydrogens is 260 g/mol. The van der Waals surface area contributed by atoms with Crippen molar-refractivity contribution in [2.45, 2.75) is 24.9 Å². The van der Waals surface area contributed by atoms with Crippen molar-refractivity contribution in [2.24, 2.45) is 0 Å². The highest BCUT2D eigenvalue weighted by molar-refractivity contribution is 5.90. The van der Waals surface area contributed by atoms with Crippen molar-refractivity contribution >= 4 is 11.7 Å². The van der Waals surface area contributed by atoms with Crippen LogP contribution < -0.4 is 14.8 Å². The molecule has 2 saturated heterocycles. The number of nitrogens with zero attached hydrogens (tertiary/aromatic N) is 1. The van der Waals surface area contributed by atoms with Crippen molar-refractivity contribution in [1.29, 1.82) is 0 Å². The third kappa shape index (κ3) is 1.87. The maximum Gasteiger partial charge on any atom is 0.322 e. The van der Waals surface area contributed by atoms with Crippen LogP contribution in [0.15, 0.2) is 18.2 Å². The zero-order chi connectivity index (χ0) is 13.5. The summed E-state index contributed by atoms with van der Waals surface area (Å²) in [5.74, 6) is 1.39. The van der Waals surface area contributed by atoms with Gasteiger partial charge in [-0.15, -0.1) is 0 Å². The Hall–Kier alpha value is -1.95. The first-order chi connectivity index (χ1) is 9.81. The molecule has 3 aliphatic heterocycles. The lowest BCUT2D eigenvalue weighted by atomic mass is 10.2. The summed E-state index contributed by atoms with van der Waals surface area (Å²) in [7, 11) is 0. The van der Waals surface area contributed by atoms with Crippen LogP contribution in [-0.4, -0.2) is 43.0 Å². The number of urea groups is 1. The molecule has 1 aromatic carbocycles. The maximum atomic E-state index is 12.4. The molecule has 6 nitrogen and oxygen atoms in total. The van der Waals surface area contributed by atoms with E-state index in [9.17, 15) is 4.79 Å². The Kier molecular flexibility index (Phi) is 2.70. The smallest absolute Gasteiger partial charge is 0.322 e. The van der Waals surface area contributed by atoms with Crippen LogP contribution in [0.1, 0.15) is 12.8 Å². The Morgan fingerprint density at radius 3 is 2.70 bits per heavy atom. The molecular formula is C14H16N2O4. The number of hydrogen-bond acceptors (Lipinski definition) is 4. The van der Waals surface area contributed by atoms with Gasteiger partial charge in [-0.3, -0.25) is 0 Å². The molecule has 3 heterocycles. The van der Waals surface area contributed by atoms with Crippen molar-refractivity contribution in [3.05, 3.63) is 18.2 Å². The summed E-state index contributed by atoms with van der Waals surface area (Å²) in [6.45, 7) is 1.52. The Morgan fingerprint density at radius 2 is 1.90 bits per heavy atom. The molecule has 0 aromatic heterocycles. The zero-order valence-electron chi connectivity index (χ0n) is 11.0. The van der Waals surface area contributed by atoms with Crippen molar-refractivity contribution in [3.8, 4) is 11.5 Å². The largest absolute Gasteiger partial charge is 0.454 e. The number of carbonyl (C=O) groups is 1. The van der Waals surface area contributed by atoms with E-state index in [1.54, 1.807) is 6.07 Å². The van der Waals surface area contributed by atoms with E-state index in [0.717, 1.165) is 24.3 Å². The van der Waals surface area contributed by atoms with E-state index in [1.165, 1.54) is 0 Å². The molecule has 106 valence electrons. The molecule has 0 radical (unpaired) electrons. The summed E-state index contributed by atoms with van der Waals surface area (Å²) in [5, 5.41) is 2.94. The van der Waals surface area contributed by atoms with Gasteiger partial charge in [-0.2, -0.15) is 0 Å². The monoisotopic (exact) mass is 276 g/mol. The molecule has 1 N–H and O–H groups in total. The van der Waals surface area contributed by atoms with Crippen LogP contribution in [0.5, 0.6) is 11.5 Å². The molecule has 4 rings (SSSR count). The quantitative estimate of drug-likeness (QED) is 0.850. The van der Waals surface area contributed by atoms with Gasteiger partial charge in [0.2, 0.25) is 6.79 Å².